The Morgan fingerprint density at radius 2 is 2.22 bits per heavy atom. The Labute approximate surface area is 111 Å². The van der Waals surface area contributed by atoms with Gasteiger partial charge in [-0.15, -0.1) is 0 Å². The van der Waals surface area contributed by atoms with E-state index < -0.39 is 0 Å². The standard InChI is InChI=1S/C15H25N3/c1-4-18(11-13-6-5-7-13)15-12(2)8-14(9-16-3)10-17-15/h8,10,13,16H,4-7,9,11H2,1-3H3. The third-order valence-electron chi connectivity index (χ3n) is 3.87. The first-order valence-electron chi connectivity index (χ1n) is 7.09. The number of nitrogens with one attached hydrogen (secondary N) is 1. The van der Waals surface area contributed by atoms with Crippen molar-refractivity contribution in [2.45, 2.75) is 39.7 Å². The fraction of sp³-hybridized carbons (Fsp3) is 0.667. The molecule has 0 spiro atoms. The summed E-state index contributed by atoms with van der Waals surface area (Å²) in [5.41, 5.74) is 2.56. The molecule has 0 saturated heterocycles. The molecule has 1 aliphatic rings. The van der Waals surface area contributed by atoms with Crippen LogP contribution in [0.15, 0.2) is 12.3 Å². The fourth-order valence-electron chi connectivity index (χ4n) is 2.61. The molecule has 3 nitrogen and oxygen atoms in total. The molecule has 100 valence electrons. The molecule has 0 radical (unpaired) electrons. The van der Waals surface area contributed by atoms with Crippen LogP contribution >= 0.6 is 0 Å². The first-order chi connectivity index (χ1) is 8.74. The van der Waals surface area contributed by atoms with E-state index in [1.54, 1.807) is 0 Å². The lowest BCUT2D eigenvalue weighted by molar-refractivity contribution is 0.318. The lowest BCUT2D eigenvalue weighted by atomic mass is 9.85. The molecule has 1 heterocycles. The average molecular weight is 247 g/mol. The number of aromatic nitrogens is 1. The van der Waals surface area contributed by atoms with E-state index in [2.05, 4.69) is 35.1 Å². The minimum absolute atomic E-state index is 0.892. The molecule has 3 heteroatoms. The third-order valence-corrected chi connectivity index (χ3v) is 3.87. The highest BCUT2D eigenvalue weighted by atomic mass is 15.2. The molecule has 1 aromatic rings. The molecule has 2 rings (SSSR count). The quantitative estimate of drug-likeness (QED) is 0.838. The van der Waals surface area contributed by atoms with Crippen LogP contribution in [0.4, 0.5) is 5.82 Å². The summed E-state index contributed by atoms with van der Waals surface area (Å²) < 4.78 is 0. The van der Waals surface area contributed by atoms with Crippen molar-refractivity contribution in [3.8, 4) is 0 Å². The normalized spacial score (nSPS) is 15.5. The van der Waals surface area contributed by atoms with Crippen molar-refractivity contribution < 1.29 is 0 Å². The number of pyridine rings is 1. The molecule has 1 fully saturated rings. The van der Waals surface area contributed by atoms with Crippen molar-refractivity contribution in [3.63, 3.8) is 0 Å². The van der Waals surface area contributed by atoms with E-state index in [0.29, 0.717) is 0 Å². The van der Waals surface area contributed by atoms with E-state index in [4.69, 9.17) is 0 Å². The van der Waals surface area contributed by atoms with Crippen LogP contribution in [-0.2, 0) is 6.54 Å². The molecule has 1 aromatic heterocycles. The van der Waals surface area contributed by atoms with E-state index >= 15 is 0 Å². The van der Waals surface area contributed by atoms with Crippen LogP contribution in [-0.4, -0.2) is 25.1 Å². The van der Waals surface area contributed by atoms with Gasteiger partial charge in [-0.1, -0.05) is 6.42 Å². The zero-order chi connectivity index (χ0) is 13.0. The lowest BCUT2D eigenvalue weighted by Gasteiger charge is -2.33. The summed E-state index contributed by atoms with van der Waals surface area (Å²) in [6.45, 7) is 7.51. The second kappa shape index (κ2) is 6.19. The number of hydrogen-bond acceptors (Lipinski definition) is 3. The van der Waals surface area contributed by atoms with Crippen molar-refractivity contribution in [3.05, 3.63) is 23.4 Å². The van der Waals surface area contributed by atoms with Gasteiger partial charge in [0.15, 0.2) is 0 Å². The molecule has 1 saturated carbocycles. The molecular formula is C15H25N3. The van der Waals surface area contributed by atoms with Gasteiger partial charge in [0.05, 0.1) is 0 Å². The lowest BCUT2D eigenvalue weighted by Crippen LogP contribution is -2.33. The third kappa shape index (κ3) is 3.02. The fourth-order valence-corrected chi connectivity index (χ4v) is 2.61. The number of aryl methyl sites for hydroxylation is 1. The molecule has 0 atom stereocenters. The SMILES string of the molecule is CCN(CC1CCC1)c1ncc(CNC)cc1C. The first-order valence-corrected chi connectivity index (χ1v) is 7.09. The first kappa shape index (κ1) is 13.3. The highest BCUT2D eigenvalue weighted by Gasteiger charge is 2.21. The summed E-state index contributed by atoms with van der Waals surface area (Å²) in [6.07, 6.45) is 6.21. The number of anilines is 1. The van der Waals surface area contributed by atoms with Gasteiger partial charge in [0, 0.05) is 25.8 Å². The second-order valence-corrected chi connectivity index (χ2v) is 5.35. The molecule has 0 unspecified atom stereocenters. The molecule has 0 bridgehead atoms. The van der Waals surface area contributed by atoms with Gasteiger partial charge in [-0.05, 0) is 56.8 Å². The largest absolute Gasteiger partial charge is 0.356 e. The van der Waals surface area contributed by atoms with Crippen molar-refractivity contribution >= 4 is 5.82 Å². The summed E-state index contributed by atoms with van der Waals surface area (Å²) in [7, 11) is 1.97. The summed E-state index contributed by atoms with van der Waals surface area (Å²) in [4.78, 5) is 7.10. The van der Waals surface area contributed by atoms with Gasteiger partial charge in [-0.2, -0.15) is 0 Å². The molecule has 1 N–H and O–H groups in total. The maximum atomic E-state index is 4.67. The maximum absolute atomic E-state index is 4.67. The average Bonchev–Trinajstić information content (AvgIpc) is 2.30. The number of rotatable bonds is 6. The molecule has 1 aliphatic carbocycles. The van der Waals surface area contributed by atoms with Crippen molar-refractivity contribution in [2.24, 2.45) is 5.92 Å². The van der Waals surface area contributed by atoms with E-state index in [-0.39, 0.29) is 0 Å². The minimum Gasteiger partial charge on any atom is -0.356 e. The van der Waals surface area contributed by atoms with Crippen LogP contribution in [0, 0.1) is 12.8 Å². The van der Waals surface area contributed by atoms with Crippen molar-refractivity contribution in [2.75, 3.05) is 25.0 Å². The Hall–Kier alpha value is -1.09. The Bertz CT molecular complexity index is 385. The van der Waals surface area contributed by atoms with Crippen LogP contribution in [0.2, 0.25) is 0 Å². The smallest absolute Gasteiger partial charge is 0.131 e. The minimum atomic E-state index is 0.892. The predicted octanol–water partition coefficient (Wildman–Crippen LogP) is 2.74. The van der Waals surface area contributed by atoms with E-state index in [1.165, 1.54) is 42.8 Å². The maximum Gasteiger partial charge on any atom is 0.131 e. The highest BCUT2D eigenvalue weighted by molar-refractivity contribution is 5.47. The summed E-state index contributed by atoms with van der Waals surface area (Å²) in [6, 6.07) is 2.25. The van der Waals surface area contributed by atoms with Crippen molar-refractivity contribution in [1.82, 2.24) is 10.3 Å². The van der Waals surface area contributed by atoms with Crippen LogP contribution in [0.25, 0.3) is 0 Å². The Morgan fingerprint density at radius 1 is 1.44 bits per heavy atom. The van der Waals surface area contributed by atoms with Crippen molar-refractivity contribution in [1.29, 1.82) is 0 Å². The van der Waals surface area contributed by atoms with E-state index in [0.717, 1.165) is 19.0 Å². The Balaban J connectivity index is 2.09. The molecule has 18 heavy (non-hydrogen) atoms. The van der Waals surface area contributed by atoms with E-state index in [9.17, 15) is 0 Å². The summed E-state index contributed by atoms with van der Waals surface area (Å²) in [5.74, 6) is 2.06. The molecule has 0 aromatic carbocycles. The van der Waals surface area contributed by atoms with E-state index in [1.807, 2.05) is 13.2 Å². The second-order valence-electron chi connectivity index (χ2n) is 5.35. The zero-order valence-corrected chi connectivity index (χ0v) is 11.9. The summed E-state index contributed by atoms with van der Waals surface area (Å²) in [5, 5.41) is 3.17. The molecule has 0 amide bonds. The van der Waals surface area contributed by atoms with Crippen LogP contribution < -0.4 is 10.2 Å². The summed E-state index contributed by atoms with van der Waals surface area (Å²) >= 11 is 0. The van der Waals surface area contributed by atoms with Crippen LogP contribution in [0.5, 0.6) is 0 Å². The van der Waals surface area contributed by atoms with Gasteiger partial charge in [0.25, 0.3) is 0 Å². The monoisotopic (exact) mass is 247 g/mol. The highest BCUT2D eigenvalue weighted by Crippen LogP contribution is 2.29. The zero-order valence-electron chi connectivity index (χ0n) is 11.9. The van der Waals surface area contributed by atoms with Gasteiger partial charge in [0.2, 0.25) is 0 Å². The Morgan fingerprint density at radius 3 is 2.72 bits per heavy atom. The molecular weight excluding hydrogens is 222 g/mol. The number of nitrogens with zero attached hydrogens (tertiary/aromatic N) is 2. The van der Waals surface area contributed by atoms with Crippen LogP contribution in [0.3, 0.4) is 0 Å². The molecule has 0 aliphatic heterocycles. The van der Waals surface area contributed by atoms with Gasteiger partial charge in [-0.3, -0.25) is 0 Å². The van der Waals surface area contributed by atoms with Gasteiger partial charge >= 0.3 is 0 Å². The van der Waals surface area contributed by atoms with Gasteiger partial charge < -0.3 is 10.2 Å². The van der Waals surface area contributed by atoms with Gasteiger partial charge in [0.1, 0.15) is 5.82 Å². The predicted molar refractivity (Wildman–Crippen MR) is 77.0 cm³/mol. The van der Waals surface area contributed by atoms with Crippen LogP contribution in [0.1, 0.15) is 37.3 Å². The number of hydrogen-bond donors (Lipinski definition) is 1. The van der Waals surface area contributed by atoms with Gasteiger partial charge in [-0.25, -0.2) is 4.98 Å². The Kier molecular flexibility index (Phi) is 4.59. The topological polar surface area (TPSA) is 28.2 Å².